The highest BCUT2D eigenvalue weighted by atomic mass is 35.5. The van der Waals surface area contributed by atoms with Gasteiger partial charge in [0.15, 0.2) is 0 Å². The molecule has 78 valence electrons. The molecule has 0 fully saturated rings. The maximum absolute atomic E-state index is 12.7. The summed E-state index contributed by atoms with van der Waals surface area (Å²) in [6.45, 7) is 0. The van der Waals surface area contributed by atoms with Gasteiger partial charge in [-0.3, -0.25) is 0 Å². The summed E-state index contributed by atoms with van der Waals surface area (Å²) in [6.07, 6.45) is 0. The number of benzene rings is 1. The van der Waals surface area contributed by atoms with Gasteiger partial charge in [-0.2, -0.15) is 4.98 Å². The van der Waals surface area contributed by atoms with Gasteiger partial charge in [-0.25, -0.2) is 4.39 Å². The van der Waals surface area contributed by atoms with E-state index in [1.807, 2.05) is 0 Å². The Labute approximate surface area is 99.2 Å². The molecule has 0 aliphatic heterocycles. The summed E-state index contributed by atoms with van der Waals surface area (Å²) in [7, 11) is 0. The van der Waals surface area contributed by atoms with Crippen LogP contribution < -0.4 is 4.74 Å². The van der Waals surface area contributed by atoms with Crippen molar-refractivity contribution in [2.45, 2.75) is 0 Å². The first-order valence-corrected chi connectivity index (χ1v) is 5.52. The van der Waals surface area contributed by atoms with Crippen molar-refractivity contribution in [1.82, 2.24) is 4.98 Å². The molecule has 0 atom stereocenters. The van der Waals surface area contributed by atoms with Gasteiger partial charge in [0.05, 0.1) is 5.02 Å². The maximum Gasteiger partial charge on any atom is 0.280 e. The Bertz CT molecular complexity index is 489. The average Bonchev–Trinajstić information content (AvgIpc) is 2.56. The van der Waals surface area contributed by atoms with Gasteiger partial charge in [-0.15, -0.1) is 0 Å². The fraction of sp³-hybridized carbons (Fsp3) is 0. The van der Waals surface area contributed by atoms with Gasteiger partial charge in [-0.1, -0.05) is 34.5 Å². The fourth-order valence-corrected chi connectivity index (χ4v) is 1.94. The molecule has 0 amide bonds. The van der Waals surface area contributed by atoms with Gasteiger partial charge >= 0.3 is 0 Å². The van der Waals surface area contributed by atoms with E-state index in [2.05, 4.69) is 4.98 Å². The van der Waals surface area contributed by atoms with Gasteiger partial charge in [0.25, 0.3) is 5.19 Å². The van der Waals surface area contributed by atoms with Crippen LogP contribution in [0.5, 0.6) is 10.9 Å². The number of halogens is 3. The third-order valence-corrected chi connectivity index (χ3v) is 2.88. The molecule has 0 aliphatic carbocycles. The first kappa shape index (κ1) is 10.7. The topological polar surface area (TPSA) is 22.1 Å². The van der Waals surface area contributed by atoms with E-state index in [0.717, 1.165) is 0 Å². The quantitative estimate of drug-likeness (QED) is 0.802. The lowest BCUT2D eigenvalue weighted by atomic mass is 10.3. The van der Waals surface area contributed by atoms with Gasteiger partial charge in [0, 0.05) is 5.38 Å². The molecule has 2 nitrogen and oxygen atoms in total. The van der Waals surface area contributed by atoms with E-state index < -0.39 is 5.82 Å². The molecule has 0 radical (unpaired) electrons. The van der Waals surface area contributed by atoms with Crippen LogP contribution >= 0.6 is 34.5 Å². The first-order valence-electron chi connectivity index (χ1n) is 3.89. The molecule has 2 rings (SSSR count). The Balaban J connectivity index is 2.24. The maximum atomic E-state index is 12.7. The van der Waals surface area contributed by atoms with E-state index in [-0.39, 0.29) is 5.02 Å². The minimum Gasteiger partial charge on any atom is -0.429 e. The number of nitrogens with zero attached hydrogens (tertiary/aromatic N) is 1. The van der Waals surface area contributed by atoms with E-state index in [0.29, 0.717) is 16.1 Å². The van der Waals surface area contributed by atoms with E-state index in [9.17, 15) is 4.39 Å². The molecule has 0 aliphatic rings. The van der Waals surface area contributed by atoms with Crippen LogP contribution in [-0.4, -0.2) is 4.98 Å². The van der Waals surface area contributed by atoms with E-state index in [1.165, 1.54) is 29.5 Å². The molecular formula is C9H4Cl2FNOS. The molecule has 0 spiro atoms. The number of rotatable bonds is 2. The van der Waals surface area contributed by atoms with Crippen molar-refractivity contribution in [2.75, 3.05) is 0 Å². The standard InChI is InChI=1S/C9H4Cl2FNOS/c10-6-3-5(12)1-2-7(6)14-9-13-8(11)4-15-9/h1-4H. The van der Waals surface area contributed by atoms with Crippen molar-refractivity contribution in [2.24, 2.45) is 0 Å². The summed E-state index contributed by atoms with van der Waals surface area (Å²) in [5.74, 6) is -0.0615. The highest BCUT2D eigenvalue weighted by Crippen LogP contribution is 2.32. The van der Waals surface area contributed by atoms with Crippen LogP contribution in [0, 0.1) is 5.82 Å². The summed E-state index contributed by atoms with van der Waals surface area (Å²) in [4.78, 5) is 3.88. The largest absolute Gasteiger partial charge is 0.429 e. The Hall–Kier alpha value is -0.840. The molecular weight excluding hydrogens is 260 g/mol. The number of hydrogen-bond acceptors (Lipinski definition) is 3. The molecule has 1 aromatic carbocycles. The predicted octanol–water partition coefficient (Wildman–Crippen LogP) is 4.38. The van der Waals surface area contributed by atoms with Gasteiger partial charge in [0.1, 0.15) is 16.7 Å². The van der Waals surface area contributed by atoms with Crippen LogP contribution in [0.4, 0.5) is 4.39 Å². The third-order valence-electron chi connectivity index (χ3n) is 1.55. The molecule has 0 unspecified atom stereocenters. The summed E-state index contributed by atoms with van der Waals surface area (Å²) in [6, 6.07) is 3.87. The molecule has 2 aromatic rings. The van der Waals surface area contributed by atoms with Crippen LogP contribution in [0.25, 0.3) is 0 Å². The average molecular weight is 264 g/mol. The predicted molar refractivity (Wildman–Crippen MR) is 58.6 cm³/mol. The second-order valence-corrected chi connectivity index (χ2v) is 4.23. The van der Waals surface area contributed by atoms with Gasteiger partial charge in [-0.05, 0) is 18.2 Å². The Morgan fingerprint density at radius 1 is 1.33 bits per heavy atom. The number of aromatic nitrogens is 1. The molecule has 0 N–H and O–H groups in total. The first-order chi connectivity index (χ1) is 7.15. The summed E-state index contributed by atoms with van der Waals surface area (Å²) in [5.41, 5.74) is 0. The second-order valence-electron chi connectivity index (χ2n) is 2.61. The Morgan fingerprint density at radius 3 is 2.73 bits per heavy atom. The van der Waals surface area contributed by atoms with E-state index in [4.69, 9.17) is 27.9 Å². The summed E-state index contributed by atoms with van der Waals surface area (Å²) in [5, 5.41) is 2.55. The lowest BCUT2D eigenvalue weighted by molar-refractivity contribution is 0.477. The van der Waals surface area contributed by atoms with Crippen molar-refractivity contribution < 1.29 is 9.13 Å². The van der Waals surface area contributed by atoms with Crippen molar-refractivity contribution in [3.8, 4) is 10.9 Å². The van der Waals surface area contributed by atoms with Crippen LogP contribution in [0.2, 0.25) is 10.2 Å². The van der Waals surface area contributed by atoms with Crippen LogP contribution in [0.3, 0.4) is 0 Å². The normalized spacial score (nSPS) is 10.3. The van der Waals surface area contributed by atoms with Crippen molar-refractivity contribution in [1.29, 1.82) is 0 Å². The third kappa shape index (κ3) is 2.59. The van der Waals surface area contributed by atoms with Crippen molar-refractivity contribution in [3.05, 3.63) is 39.6 Å². The zero-order valence-electron chi connectivity index (χ0n) is 7.21. The van der Waals surface area contributed by atoms with Crippen LogP contribution in [-0.2, 0) is 0 Å². The molecule has 0 saturated carbocycles. The van der Waals surface area contributed by atoms with Crippen molar-refractivity contribution >= 4 is 34.5 Å². The minimum atomic E-state index is -0.412. The minimum absolute atomic E-state index is 0.196. The van der Waals surface area contributed by atoms with Crippen molar-refractivity contribution in [3.63, 3.8) is 0 Å². The second kappa shape index (κ2) is 4.35. The van der Waals surface area contributed by atoms with E-state index >= 15 is 0 Å². The summed E-state index contributed by atoms with van der Waals surface area (Å²) >= 11 is 12.6. The van der Waals surface area contributed by atoms with Gasteiger partial charge < -0.3 is 4.74 Å². The Morgan fingerprint density at radius 2 is 2.13 bits per heavy atom. The molecule has 0 bridgehead atoms. The number of ether oxygens (including phenoxy) is 1. The molecule has 1 aromatic heterocycles. The SMILES string of the molecule is Fc1ccc(Oc2nc(Cl)cs2)c(Cl)c1. The Kier molecular flexibility index (Phi) is 3.09. The molecule has 1 heterocycles. The van der Waals surface area contributed by atoms with E-state index in [1.54, 1.807) is 5.38 Å². The number of thiazole rings is 1. The lowest BCUT2D eigenvalue weighted by Gasteiger charge is -2.03. The summed E-state index contributed by atoms with van der Waals surface area (Å²) < 4.78 is 18.0. The highest BCUT2D eigenvalue weighted by molar-refractivity contribution is 7.11. The van der Waals surface area contributed by atoms with Crippen LogP contribution in [0.1, 0.15) is 0 Å². The zero-order chi connectivity index (χ0) is 10.8. The van der Waals surface area contributed by atoms with Crippen LogP contribution in [0.15, 0.2) is 23.6 Å². The molecule has 15 heavy (non-hydrogen) atoms. The van der Waals surface area contributed by atoms with Gasteiger partial charge in [0.2, 0.25) is 0 Å². The number of hydrogen-bond donors (Lipinski definition) is 0. The fourth-order valence-electron chi connectivity index (χ4n) is 0.938. The highest BCUT2D eigenvalue weighted by Gasteiger charge is 2.07. The monoisotopic (exact) mass is 263 g/mol. The smallest absolute Gasteiger partial charge is 0.280 e. The lowest BCUT2D eigenvalue weighted by Crippen LogP contribution is -1.85. The molecule has 6 heteroatoms. The molecule has 0 saturated heterocycles. The zero-order valence-corrected chi connectivity index (χ0v) is 9.54.